The van der Waals surface area contributed by atoms with E-state index in [0.29, 0.717) is 29.6 Å². The second kappa shape index (κ2) is 10.3. The van der Waals surface area contributed by atoms with Crippen LogP contribution in [0.3, 0.4) is 0 Å². The fourth-order valence-electron chi connectivity index (χ4n) is 5.00. The van der Waals surface area contributed by atoms with E-state index in [1.807, 2.05) is 72.2 Å². The molecule has 4 rings (SSSR count). The molecule has 3 atom stereocenters. The van der Waals surface area contributed by atoms with Gasteiger partial charge in [-0.3, -0.25) is 4.79 Å². The van der Waals surface area contributed by atoms with Gasteiger partial charge in [0.15, 0.2) is 0 Å². The third kappa shape index (κ3) is 4.79. The van der Waals surface area contributed by atoms with E-state index < -0.39 is 0 Å². The van der Waals surface area contributed by atoms with E-state index in [0.717, 1.165) is 35.5 Å². The van der Waals surface area contributed by atoms with Crippen LogP contribution in [0.15, 0.2) is 60.7 Å². The molecule has 1 aliphatic rings. The Morgan fingerprint density at radius 3 is 2.53 bits per heavy atom. The van der Waals surface area contributed by atoms with Crippen molar-refractivity contribution in [2.45, 2.75) is 53.0 Å². The maximum Gasteiger partial charge on any atom is 0.339 e. The van der Waals surface area contributed by atoms with Crippen LogP contribution in [-0.4, -0.2) is 29.1 Å². The molecule has 5 nitrogen and oxygen atoms in total. The Morgan fingerprint density at radius 2 is 1.79 bits per heavy atom. The topological polar surface area (TPSA) is 60.3 Å². The fourth-order valence-corrected chi connectivity index (χ4v) is 5.00. The van der Waals surface area contributed by atoms with E-state index in [9.17, 15) is 9.59 Å². The van der Waals surface area contributed by atoms with Crippen molar-refractivity contribution in [2.75, 3.05) is 6.61 Å². The largest absolute Gasteiger partial charge is 0.462 e. The normalized spacial score (nSPS) is 20.1. The number of hydrogen-bond acceptors (Lipinski definition) is 3. The van der Waals surface area contributed by atoms with Crippen LogP contribution in [0.5, 0.6) is 0 Å². The van der Waals surface area contributed by atoms with Crippen molar-refractivity contribution in [2.24, 2.45) is 11.8 Å². The summed E-state index contributed by atoms with van der Waals surface area (Å²) < 4.78 is 7.33. The highest BCUT2D eigenvalue weighted by molar-refractivity contribution is 5.96. The average molecular weight is 459 g/mol. The molecule has 178 valence electrons. The van der Waals surface area contributed by atoms with Crippen LogP contribution < -0.4 is 5.32 Å². The van der Waals surface area contributed by atoms with Crippen LogP contribution in [0.1, 0.15) is 66.4 Å². The number of carbonyl (C=O) groups excluding carboxylic acids is 2. The van der Waals surface area contributed by atoms with Gasteiger partial charge >= 0.3 is 5.97 Å². The molecule has 0 radical (unpaired) electrons. The first kappa shape index (κ1) is 23.8. The summed E-state index contributed by atoms with van der Waals surface area (Å²) in [4.78, 5) is 25.8. The minimum atomic E-state index is -0.342. The van der Waals surface area contributed by atoms with Crippen molar-refractivity contribution < 1.29 is 14.3 Å². The van der Waals surface area contributed by atoms with E-state index in [4.69, 9.17) is 4.74 Å². The van der Waals surface area contributed by atoms with Crippen molar-refractivity contribution in [1.29, 1.82) is 0 Å². The van der Waals surface area contributed by atoms with Crippen LogP contribution in [0, 0.1) is 18.8 Å². The Labute approximate surface area is 202 Å². The van der Waals surface area contributed by atoms with Crippen molar-refractivity contribution in [3.8, 4) is 16.9 Å². The van der Waals surface area contributed by atoms with Crippen molar-refractivity contribution >= 4 is 11.9 Å². The number of amides is 1. The van der Waals surface area contributed by atoms with Crippen LogP contribution >= 0.6 is 0 Å². The van der Waals surface area contributed by atoms with Crippen LogP contribution in [-0.2, 0) is 4.74 Å². The summed E-state index contributed by atoms with van der Waals surface area (Å²) in [6, 6.07) is 19.6. The molecule has 1 amide bonds. The predicted molar refractivity (Wildman–Crippen MR) is 135 cm³/mol. The van der Waals surface area contributed by atoms with Gasteiger partial charge < -0.3 is 14.6 Å². The molecule has 0 spiro atoms. The Kier molecular flexibility index (Phi) is 7.20. The highest BCUT2D eigenvalue weighted by atomic mass is 16.5. The molecule has 1 aromatic heterocycles. The molecule has 34 heavy (non-hydrogen) atoms. The van der Waals surface area contributed by atoms with Crippen molar-refractivity contribution in [1.82, 2.24) is 9.88 Å². The third-order valence-corrected chi connectivity index (χ3v) is 7.20. The lowest BCUT2D eigenvalue weighted by atomic mass is 9.78. The number of ether oxygens (including phenoxy) is 1. The highest BCUT2D eigenvalue weighted by Crippen LogP contribution is 2.31. The standard InChI is InChI=1S/C29H34N2O3/c1-5-34-29(33)25-18-27(22-12-7-6-8-13-22)31(21(25)4)24-15-10-14-23(17-24)28(32)30-26-16-9-11-19(2)20(26)3/h6-8,10,12-15,17-20,26H,5,9,11,16H2,1-4H3,(H,30,32). The predicted octanol–water partition coefficient (Wildman–Crippen LogP) is 6.18. The summed E-state index contributed by atoms with van der Waals surface area (Å²) in [5.41, 5.74) is 4.64. The number of hydrogen-bond donors (Lipinski definition) is 1. The summed E-state index contributed by atoms with van der Waals surface area (Å²) in [6.07, 6.45) is 3.39. The van der Waals surface area contributed by atoms with Gasteiger partial charge in [-0.1, -0.05) is 63.1 Å². The molecule has 1 N–H and O–H groups in total. The number of nitrogens with zero attached hydrogens (tertiary/aromatic N) is 1. The van der Waals surface area contributed by atoms with Crippen LogP contribution in [0.2, 0.25) is 0 Å². The second-order valence-corrected chi connectivity index (χ2v) is 9.35. The van der Waals surface area contributed by atoms with Gasteiger partial charge in [-0.25, -0.2) is 4.79 Å². The lowest BCUT2D eigenvalue weighted by molar-refractivity contribution is 0.0525. The molecule has 0 bridgehead atoms. The molecule has 5 heteroatoms. The van der Waals surface area contributed by atoms with Gasteiger partial charge in [0, 0.05) is 23.0 Å². The number of carbonyl (C=O) groups is 2. The van der Waals surface area contributed by atoms with Gasteiger partial charge in [0.25, 0.3) is 5.91 Å². The number of aromatic nitrogens is 1. The molecule has 1 heterocycles. The molecular weight excluding hydrogens is 424 g/mol. The monoisotopic (exact) mass is 458 g/mol. The van der Waals surface area contributed by atoms with E-state index in [2.05, 4.69) is 19.2 Å². The van der Waals surface area contributed by atoms with Crippen molar-refractivity contribution in [3.63, 3.8) is 0 Å². The lowest BCUT2D eigenvalue weighted by Gasteiger charge is -2.34. The Balaban J connectivity index is 1.71. The minimum absolute atomic E-state index is 0.0514. The Bertz CT molecular complexity index is 1170. The third-order valence-electron chi connectivity index (χ3n) is 7.20. The van der Waals surface area contributed by atoms with E-state index >= 15 is 0 Å². The zero-order valence-corrected chi connectivity index (χ0v) is 20.5. The first-order chi connectivity index (χ1) is 16.4. The first-order valence-corrected chi connectivity index (χ1v) is 12.3. The maximum absolute atomic E-state index is 13.2. The van der Waals surface area contributed by atoms with Crippen molar-refractivity contribution in [3.05, 3.63) is 77.5 Å². The molecule has 3 unspecified atom stereocenters. The second-order valence-electron chi connectivity index (χ2n) is 9.35. The van der Waals surface area contributed by atoms with Crippen LogP contribution in [0.25, 0.3) is 16.9 Å². The van der Waals surface area contributed by atoms with Gasteiger partial charge in [-0.15, -0.1) is 0 Å². The molecule has 1 saturated carbocycles. The number of nitrogens with one attached hydrogen (secondary N) is 1. The van der Waals surface area contributed by atoms with E-state index in [1.54, 1.807) is 6.92 Å². The molecule has 3 aromatic rings. The quantitative estimate of drug-likeness (QED) is 0.449. The van der Waals surface area contributed by atoms with Gasteiger partial charge in [-0.2, -0.15) is 0 Å². The summed E-state index contributed by atoms with van der Waals surface area (Å²) >= 11 is 0. The summed E-state index contributed by atoms with van der Waals surface area (Å²) in [6.45, 7) is 8.54. The summed E-state index contributed by atoms with van der Waals surface area (Å²) in [7, 11) is 0. The average Bonchev–Trinajstić information content (AvgIpc) is 3.20. The van der Waals surface area contributed by atoms with Crippen LogP contribution in [0.4, 0.5) is 0 Å². The van der Waals surface area contributed by atoms with Gasteiger partial charge in [0.2, 0.25) is 0 Å². The zero-order valence-electron chi connectivity index (χ0n) is 20.5. The van der Waals surface area contributed by atoms with E-state index in [-0.39, 0.29) is 17.9 Å². The summed E-state index contributed by atoms with van der Waals surface area (Å²) in [5.74, 6) is 0.682. The highest BCUT2D eigenvalue weighted by Gasteiger charge is 2.28. The number of esters is 1. The molecular formula is C29H34N2O3. The first-order valence-electron chi connectivity index (χ1n) is 12.3. The molecule has 1 fully saturated rings. The van der Waals surface area contributed by atoms with E-state index in [1.165, 1.54) is 6.42 Å². The molecule has 1 aliphatic carbocycles. The fraction of sp³-hybridized carbons (Fsp3) is 0.379. The summed E-state index contributed by atoms with van der Waals surface area (Å²) in [5, 5.41) is 3.27. The van der Waals surface area contributed by atoms with Gasteiger partial charge in [-0.05, 0) is 61.9 Å². The Morgan fingerprint density at radius 1 is 1.03 bits per heavy atom. The lowest BCUT2D eigenvalue weighted by Crippen LogP contribution is -2.43. The minimum Gasteiger partial charge on any atom is -0.462 e. The van der Waals surface area contributed by atoms with Gasteiger partial charge in [0.1, 0.15) is 0 Å². The van der Waals surface area contributed by atoms with Gasteiger partial charge in [0.05, 0.1) is 17.9 Å². The maximum atomic E-state index is 13.2. The number of rotatable bonds is 6. The molecule has 0 aliphatic heterocycles. The zero-order chi connectivity index (χ0) is 24.2. The SMILES string of the molecule is CCOC(=O)c1cc(-c2ccccc2)n(-c2cccc(C(=O)NC3CCCC(C)C3C)c2)c1C. The Hall–Kier alpha value is -3.34. The number of benzene rings is 2. The molecule has 0 saturated heterocycles. The molecule has 2 aromatic carbocycles. The smallest absolute Gasteiger partial charge is 0.339 e.